The molecule has 12 nitrogen and oxygen atoms in total. The molecule has 1 heterocycles. The van der Waals surface area contributed by atoms with E-state index in [1.807, 2.05) is 5.70 Å². The van der Waals surface area contributed by atoms with Gasteiger partial charge in [-0.3, -0.25) is 0 Å². The molecule has 0 bridgehead atoms. The molecule has 0 saturated carbocycles. The van der Waals surface area contributed by atoms with Gasteiger partial charge in [0.1, 0.15) is 0 Å². The third-order valence-corrected chi connectivity index (χ3v) is 53.5. The fraction of sp³-hybridized carbons (Fsp3) is 0.875. The first-order valence-electron chi connectivity index (χ1n) is 22.6. The van der Waals surface area contributed by atoms with Crippen LogP contribution >= 0.6 is 0 Å². The Bertz CT molecular complexity index is 1120. The maximum atomic E-state index is 6.78. The Morgan fingerprint density at radius 2 is 0.754 bits per heavy atom. The SMILES string of the molecule is C=C[Si](O[SiH](C)C)(O[SiH](C)C)O[SiH](C)C.C=C[Si](O[SiH](C)C)(O[SiH](C)C)O[Si](C)(C)CC[Si](O[SiH](C)C)(O[SiH](C)C)O[SiH](C)C.C[SiH](C)O[Si]1(O[SiH](C)C)CC[Si](C)(C)O1.[Pt]. The van der Waals surface area contributed by atoms with Crippen LogP contribution in [0, 0.1) is 0 Å². The van der Waals surface area contributed by atoms with Crippen LogP contribution in [0.5, 0.6) is 0 Å². The van der Waals surface area contributed by atoms with E-state index in [1.54, 1.807) is 5.70 Å². The van der Waals surface area contributed by atoms with Gasteiger partial charge in [0.25, 0.3) is 0 Å². The van der Waals surface area contributed by atoms with Crippen LogP contribution in [0.1, 0.15) is 0 Å². The Morgan fingerprint density at radius 3 is 0.984 bits per heavy atom. The fourth-order valence-electron chi connectivity index (χ4n) is 6.20. The molecule has 370 valence electrons. The first kappa shape index (κ1) is 68.4. The second-order valence-corrected chi connectivity index (χ2v) is 66.4. The Kier molecular flexibility index (Phi) is 36.0. The molecule has 1 aliphatic heterocycles. The van der Waals surface area contributed by atoms with E-state index in [0.717, 1.165) is 18.1 Å². The smallest absolute Gasteiger partial charge is 0.420 e. The Hall–Kier alpha value is 3.16. The minimum absolute atomic E-state index is 0. The van der Waals surface area contributed by atoms with Crippen LogP contribution in [-0.4, -0.2) is 142 Å². The molecule has 0 aromatic heterocycles. The van der Waals surface area contributed by atoms with Gasteiger partial charge >= 0.3 is 35.2 Å². The van der Waals surface area contributed by atoms with Crippen molar-refractivity contribution in [2.45, 2.75) is 181 Å². The van der Waals surface area contributed by atoms with Crippen LogP contribution in [0.3, 0.4) is 0 Å². The average Bonchev–Trinajstić information content (AvgIpc) is 3.29. The molecule has 0 amide bonds. The van der Waals surface area contributed by atoms with Crippen molar-refractivity contribution in [3.05, 3.63) is 24.6 Å². The predicted molar refractivity (Wildman–Crippen MR) is 299 cm³/mol. The van der Waals surface area contributed by atoms with Crippen molar-refractivity contribution in [3.8, 4) is 0 Å². The van der Waals surface area contributed by atoms with Crippen molar-refractivity contribution < 1.29 is 70.4 Å². The van der Waals surface area contributed by atoms with Gasteiger partial charge in [-0.25, -0.2) is 0 Å². The van der Waals surface area contributed by atoms with Crippen molar-refractivity contribution in [2.24, 2.45) is 0 Å². The van der Waals surface area contributed by atoms with Gasteiger partial charge in [0.2, 0.25) is 0 Å². The van der Waals surface area contributed by atoms with Gasteiger partial charge in [0, 0.05) is 33.2 Å². The van der Waals surface area contributed by atoms with E-state index in [1.165, 1.54) is 6.04 Å². The van der Waals surface area contributed by atoms with Crippen molar-refractivity contribution >= 4 is 142 Å². The largest absolute Gasteiger partial charge is 0.497 e. The molecule has 0 spiro atoms. The number of hydrogen-bond acceptors (Lipinski definition) is 12. The molecule has 0 aromatic rings. The van der Waals surface area contributed by atoms with E-state index in [4.69, 9.17) is 49.4 Å². The molecule has 1 fully saturated rings. The molecular formula is C32H96O12PtSi16. The minimum Gasteiger partial charge on any atom is -0.420 e. The van der Waals surface area contributed by atoms with Crippen molar-refractivity contribution in [2.75, 3.05) is 0 Å². The molecule has 0 aliphatic carbocycles. The van der Waals surface area contributed by atoms with Gasteiger partial charge < -0.3 is 49.4 Å². The van der Waals surface area contributed by atoms with Gasteiger partial charge in [0.15, 0.2) is 107 Å². The van der Waals surface area contributed by atoms with E-state index in [0.29, 0.717) is 0 Å². The summed E-state index contributed by atoms with van der Waals surface area (Å²) in [7, 11) is -26.0. The van der Waals surface area contributed by atoms with Gasteiger partial charge in [-0.1, -0.05) is 0 Å². The standard InChI is InChI=1S/C16H48O6Si8.2C8H24O3Si4.Pt/c1-14-29(17-23(2)3,18-24(4)5)22-28(12,13)15-16-30(19-25(6)7,20-26(8)9)21-27(10)11;1-12(2)9-15(10-13(3)4)8-7-14(5,6)11-15;1-8-15(9-12(2)3,10-13(4)5)11-14(6)7;/h14,23-27H,1,15-16H2,2-13H3;12-13H,7-8H2,1-6H3;8,12-14H,1H2,2-7H3;. The Morgan fingerprint density at radius 1 is 0.459 bits per heavy atom. The average molecular weight is 1320 g/mol. The maximum Gasteiger partial charge on any atom is 0.497 e. The van der Waals surface area contributed by atoms with Crippen LogP contribution in [0.4, 0.5) is 0 Å². The van der Waals surface area contributed by atoms with Gasteiger partial charge in [-0.15, -0.1) is 13.2 Å². The summed E-state index contributed by atoms with van der Waals surface area (Å²) in [6, 6.07) is 4.02. The number of rotatable bonds is 27. The summed E-state index contributed by atoms with van der Waals surface area (Å²) >= 11 is 0. The molecule has 1 rings (SSSR count). The van der Waals surface area contributed by atoms with E-state index < -0.39 is 142 Å². The zero-order valence-corrected chi connectivity index (χ0v) is 63.2. The maximum absolute atomic E-state index is 6.78. The van der Waals surface area contributed by atoms with Crippen molar-refractivity contribution in [1.29, 1.82) is 0 Å². The zero-order chi connectivity index (χ0) is 47.5. The second-order valence-electron chi connectivity index (χ2n) is 19.4. The van der Waals surface area contributed by atoms with Crippen LogP contribution < -0.4 is 0 Å². The third kappa shape index (κ3) is 32.6. The molecule has 1 aliphatic rings. The normalized spacial score (nSPS) is 16.0. The van der Waals surface area contributed by atoms with E-state index in [9.17, 15) is 0 Å². The predicted octanol–water partition coefficient (Wildman–Crippen LogP) is 7.62. The Labute approximate surface area is 414 Å². The van der Waals surface area contributed by atoms with Crippen molar-refractivity contribution in [3.63, 3.8) is 0 Å². The van der Waals surface area contributed by atoms with E-state index in [-0.39, 0.29) is 21.1 Å². The molecule has 0 radical (unpaired) electrons. The van der Waals surface area contributed by atoms with Gasteiger partial charge in [-0.2, -0.15) is 0 Å². The first-order valence-corrected chi connectivity index (χ1v) is 64.1. The summed E-state index contributed by atoms with van der Waals surface area (Å²) in [6.45, 7) is 60.5. The fourth-order valence-corrected chi connectivity index (χ4v) is 61.5. The van der Waals surface area contributed by atoms with Crippen LogP contribution in [0.15, 0.2) is 24.6 Å². The second kappa shape index (κ2) is 32.1. The number of hydrogen-bond donors (Lipinski definition) is 0. The molecule has 1 saturated heterocycles. The van der Waals surface area contributed by atoms with Crippen LogP contribution in [-0.2, 0) is 70.4 Å². The Balaban J connectivity index is -0.000000908. The molecule has 0 N–H and O–H groups in total. The molecule has 0 aromatic carbocycles. The summed E-state index contributed by atoms with van der Waals surface area (Å²) in [6.07, 6.45) is 0. The van der Waals surface area contributed by atoms with Crippen LogP contribution in [0.2, 0.25) is 181 Å². The quantitative estimate of drug-likeness (QED) is 0.0756. The summed E-state index contributed by atoms with van der Waals surface area (Å²) < 4.78 is 75.7. The van der Waals surface area contributed by atoms with Crippen molar-refractivity contribution in [1.82, 2.24) is 0 Å². The van der Waals surface area contributed by atoms with Crippen LogP contribution in [0.25, 0.3) is 0 Å². The summed E-state index contributed by atoms with van der Waals surface area (Å²) in [5, 5.41) is 0. The molecular weight excluding hydrogens is 1220 g/mol. The molecule has 0 unspecified atom stereocenters. The topological polar surface area (TPSA) is 111 Å². The van der Waals surface area contributed by atoms with Gasteiger partial charge in [0.05, 0.1) is 0 Å². The van der Waals surface area contributed by atoms with E-state index >= 15 is 0 Å². The summed E-state index contributed by atoms with van der Waals surface area (Å²) in [4.78, 5) is 0. The first-order chi connectivity index (χ1) is 27.1. The third-order valence-electron chi connectivity index (χ3n) is 7.49. The van der Waals surface area contributed by atoms with Gasteiger partial charge in [-0.05, 0) is 181 Å². The molecule has 29 heteroatoms. The molecule has 61 heavy (non-hydrogen) atoms. The van der Waals surface area contributed by atoms with E-state index in [2.05, 4.69) is 170 Å². The monoisotopic (exact) mass is 1320 g/mol. The summed E-state index contributed by atoms with van der Waals surface area (Å²) in [5.74, 6) is 0. The minimum atomic E-state index is -2.86. The zero-order valence-electron chi connectivity index (χ0n) is 43.4. The molecule has 0 atom stereocenters. The summed E-state index contributed by atoms with van der Waals surface area (Å²) in [5.41, 5.74) is 3.65.